The zero-order chi connectivity index (χ0) is 22.8. The third kappa shape index (κ3) is 5.25. The molecule has 9 heteroatoms. The molecular weight excluding hydrogens is 420 g/mol. The number of carbonyl (C=O) groups is 2. The Hall–Kier alpha value is -3.31. The monoisotopic (exact) mass is 442 g/mol. The number of rotatable bonds is 3. The summed E-state index contributed by atoms with van der Waals surface area (Å²) in [6.07, 6.45) is 1.28. The normalized spacial score (nSPS) is 14.2. The van der Waals surface area contributed by atoms with Gasteiger partial charge in [0.25, 0.3) is 0 Å². The topological polar surface area (TPSA) is 107 Å². The zero-order valence-corrected chi connectivity index (χ0v) is 18.3. The van der Waals surface area contributed by atoms with E-state index in [1.165, 1.54) is 6.07 Å². The number of nitrogens with zero attached hydrogens (tertiary/aromatic N) is 4. The predicted molar refractivity (Wildman–Crippen MR) is 116 cm³/mol. The highest BCUT2D eigenvalue weighted by Crippen LogP contribution is 2.29. The van der Waals surface area contributed by atoms with E-state index in [2.05, 4.69) is 11.1 Å². The van der Waals surface area contributed by atoms with Crippen molar-refractivity contribution < 1.29 is 19.4 Å². The fraction of sp³-hybridized carbons (Fsp3) is 0.364. The molecule has 0 spiro atoms. The number of halogens is 1. The van der Waals surface area contributed by atoms with Gasteiger partial charge in [-0.15, -0.1) is 0 Å². The van der Waals surface area contributed by atoms with Crippen molar-refractivity contribution in [1.82, 2.24) is 9.88 Å². The van der Waals surface area contributed by atoms with Gasteiger partial charge in [0.2, 0.25) is 0 Å². The lowest BCUT2D eigenvalue weighted by molar-refractivity contribution is 0.0240. The minimum atomic E-state index is -1.10. The Balaban J connectivity index is 1.76. The molecule has 1 aliphatic heterocycles. The Bertz CT molecular complexity index is 1050. The van der Waals surface area contributed by atoms with E-state index in [-0.39, 0.29) is 16.7 Å². The number of hydrogen-bond donors (Lipinski definition) is 1. The van der Waals surface area contributed by atoms with Gasteiger partial charge in [-0.25, -0.2) is 14.6 Å². The van der Waals surface area contributed by atoms with Crippen molar-refractivity contribution in [2.45, 2.75) is 26.4 Å². The number of amides is 1. The van der Waals surface area contributed by atoms with Gasteiger partial charge in [-0.2, -0.15) is 5.26 Å². The second-order valence-corrected chi connectivity index (χ2v) is 8.57. The van der Waals surface area contributed by atoms with Crippen LogP contribution in [0, 0.1) is 11.3 Å². The summed E-state index contributed by atoms with van der Waals surface area (Å²) in [4.78, 5) is 31.5. The Labute approximate surface area is 185 Å². The van der Waals surface area contributed by atoms with Gasteiger partial charge < -0.3 is 19.6 Å². The first-order valence-electron chi connectivity index (χ1n) is 9.75. The van der Waals surface area contributed by atoms with Gasteiger partial charge in [0.1, 0.15) is 17.5 Å². The molecule has 0 unspecified atom stereocenters. The summed E-state index contributed by atoms with van der Waals surface area (Å²) in [5.41, 5.74) is 1.18. The van der Waals surface area contributed by atoms with Gasteiger partial charge in [-0.3, -0.25) is 0 Å². The van der Waals surface area contributed by atoms with E-state index in [0.717, 1.165) is 0 Å². The highest BCUT2D eigenvalue weighted by atomic mass is 35.5. The van der Waals surface area contributed by atoms with Crippen molar-refractivity contribution in [3.63, 3.8) is 0 Å². The molecule has 1 saturated heterocycles. The molecule has 0 saturated carbocycles. The van der Waals surface area contributed by atoms with E-state index in [9.17, 15) is 14.9 Å². The number of carbonyl (C=O) groups excluding carboxylic acids is 1. The average Bonchev–Trinajstić information content (AvgIpc) is 2.71. The number of carboxylic acid groups (broad SMARTS) is 1. The lowest BCUT2D eigenvalue weighted by atomic mass is 10.0. The van der Waals surface area contributed by atoms with Crippen molar-refractivity contribution in [3.05, 3.63) is 46.6 Å². The molecule has 2 heterocycles. The molecule has 0 aliphatic carbocycles. The van der Waals surface area contributed by atoms with E-state index in [1.54, 1.807) is 29.3 Å². The third-order valence-corrected chi connectivity index (χ3v) is 5.06. The minimum absolute atomic E-state index is 0.0124. The summed E-state index contributed by atoms with van der Waals surface area (Å²) in [5, 5.41) is 18.9. The molecule has 0 radical (unpaired) electrons. The van der Waals surface area contributed by atoms with Crippen molar-refractivity contribution >= 4 is 29.5 Å². The van der Waals surface area contributed by atoms with Crippen molar-refractivity contribution in [2.75, 3.05) is 31.1 Å². The Morgan fingerprint density at radius 2 is 1.84 bits per heavy atom. The van der Waals surface area contributed by atoms with E-state index in [0.29, 0.717) is 48.7 Å². The summed E-state index contributed by atoms with van der Waals surface area (Å²) in [6, 6.07) is 8.48. The van der Waals surface area contributed by atoms with Crippen LogP contribution in [0.2, 0.25) is 5.02 Å². The number of pyridine rings is 1. The van der Waals surface area contributed by atoms with Gasteiger partial charge in [0.05, 0.1) is 16.1 Å². The molecule has 0 bridgehead atoms. The van der Waals surface area contributed by atoms with Gasteiger partial charge in [0.15, 0.2) is 0 Å². The molecule has 31 heavy (non-hydrogen) atoms. The molecule has 8 nitrogen and oxygen atoms in total. The molecule has 1 aromatic heterocycles. The maximum atomic E-state index is 12.2. The van der Waals surface area contributed by atoms with E-state index >= 15 is 0 Å². The van der Waals surface area contributed by atoms with Crippen LogP contribution in [0.1, 0.15) is 36.7 Å². The van der Waals surface area contributed by atoms with Crippen molar-refractivity contribution in [2.24, 2.45) is 0 Å². The number of ether oxygens (including phenoxy) is 1. The summed E-state index contributed by atoms with van der Waals surface area (Å²) in [7, 11) is 0. The highest BCUT2D eigenvalue weighted by Gasteiger charge is 2.27. The van der Waals surface area contributed by atoms with Crippen LogP contribution in [-0.2, 0) is 4.74 Å². The summed E-state index contributed by atoms with van der Waals surface area (Å²) >= 11 is 6.06. The van der Waals surface area contributed by atoms with E-state index in [1.807, 2.05) is 25.7 Å². The van der Waals surface area contributed by atoms with Crippen LogP contribution in [0.25, 0.3) is 11.1 Å². The first kappa shape index (κ1) is 22.4. The fourth-order valence-electron chi connectivity index (χ4n) is 3.25. The number of piperazine rings is 1. The quantitative estimate of drug-likeness (QED) is 0.764. The van der Waals surface area contributed by atoms with Crippen LogP contribution in [0.4, 0.5) is 10.6 Å². The largest absolute Gasteiger partial charge is 0.478 e. The molecule has 1 fully saturated rings. The van der Waals surface area contributed by atoms with Crippen LogP contribution in [0.5, 0.6) is 0 Å². The van der Waals surface area contributed by atoms with Crippen LogP contribution >= 0.6 is 11.6 Å². The molecule has 2 aromatic rings. The van der Waals surface area contributed by atoms with Crippen LogP contribution < -0.4 is 4.90 Å². The van der Waals surface area contributed by atoms with Crippen molar-refractivity contribution in [1.29, 1.82) is 5.26 Å². The number of aromatic carboxylic acids is 1. The number of nitriles is 1. The van der Waals surface area contributed by atoms with Gasteiger partial charge in [-0.05, 0) is 44.5 Å². The maximum absolute atomic E-state index is 12.2. The number of aromatic nitrogens is 1. The van der Waals surface area contributed by atoms with Gasteiger partial charge in [0, 0.05) is 37.9 Å². The van der Waals surface area contributed by atoms with E-state index < -0.39 is 11.6 Å². The zero-order valence-electron chi connectivity index (χ0n) is 17.6. The SMILES string of the molecule is CC(C)(C)OC(=O)N1CCN(c2ncc(-c3ccc(C(=O)O)c(Cl)c3)cc2C#N)CC1. The lowest BCUT2D eigenvalue weighted by Gasteiger charge is -2.36. The fourth-order valence-corrected chi connectivity index (χ4v) is 3.51. The van der Waals surface area contributed by atoms with Crippen LogP contribution in [-0.4, -0.2) is 58.8 Å². The van der Waals surface area contributed by atoms with Gasteiger partial charge in [-0.1, -0.05) is 17.7 Å². The summed E-state index contributed by atoms with van der Waals surface area (Å²) in [5.74, 6) is -0.559. The molecule has 162 valence electrons. The van der Waals surface area contributed by atoms with Crippen molar-refractivity contribution in [3.8, 4) is 17.2 Å². The minimum Gasteiger partial charge on any atom is -0.478 e. The predicted octanol–water partition coefficient (Wildman–Crippen LogP) is 4.03. The van der Waals surface area contributed by atoms with Gasteiger partial charge >= 0.3 is 12.1 Å². The Morgan fingerprint density at radius 1 is 1.16 bits per heavy atom. The lowest BCUT2D eigenvalue weighted by Crippen LogP contribution is -2.50. The molecule has 3 rings (SSSR count). The molecule has 1 aromatic carbocycles. The Kier molecular flexibility index (Phi) is 6.37. The van der Waals surface area contributed by atoms with Crippen LogP contribution in [0.3, 0.4) is 0 Å². The summed E-state index contributed by atoms with van der Waals surface area (Å²) in [6.45, 7) is 7.47. The number of anilines is 1. The molecule has 0 atom stereocenters. The maximum Gasteiger partial charge on any atom is 0.410 e. The highest BCUT2D eigenvalue weighted by molar-refractivity contribution is 6.33. The molecule has 1 aliphatic rings. The standard InChI is InChI=1S/C22H23ClN4O4/c1-22(2,3)31-21(30)27-8-6-26(7-9-27)19-15(12-24)10-16(13-25-19)14-4-5-17(20(28)29)18(23)11-14/h4-5,10-11,13H,6-9H2,1-3H3,(H,28,29). The average molecular weight is 443 g/mol. The first-order valence-corrected chi connectivity index (χ1v) is 10.1. The molecule has 1 N–H and O–H groups in total. The second-order valence-electron chi connectivity index (χ2n) is 8.16. The molecule has 1 amide bonds. The third-order valence-electron chi connectivity index (χ3n) is 4.75. The van der Waals surface area contributed by atoms with Crippen LogP contribution in [0.15, 0.2) is 30.5 Å². The number of hydrogen-bond acceptors (Lipinski definition) is 6. The van der Waals surface area contributed by atoms with E-state index in [4.69, 9.17) is 21.4 Å². The summed E-state index contributed by atoms with van der Waals surface area (Å²) < 4.78 is 5.41. The number of carboxylic acids is 1. The second kappa shape index (κ2) is 8.82. The number of benzene rings is 1. The first-order chi connectivity index (χ1) is 14.6. The Morgan fingerprint density at radius 3 is 2.39 bits per heavy atom. The molecular formula is C22H23ClN4O4. The smallest absolute Gasteiger partial charge is 0.410 e.